The van der Waals surface area contributed by atoms with E-state index in [0.717, 1.165) is 18.5 Å². The van der Waals surface area contributed by atoms with Crippen LogP contribution < -0.4 is 5.73 Å². The Kier molecular flexibility index (Phi) is 5.02. The lowest BCUT2D eigenvalue weighted by Gasteiger charge is -2.13. The minimum Gasteiger partial charge on any atom is -0.399 e. The third kappa shape index (κ3) is 4.09. The maximum atomic E-state index is 5.91. The molecular weight excluding hydrogens is 326 g/mol. The third-order valence-corrected chi connectivity index (χ3v) is 4.91. The molecule has 27 heavy (non-hydrogen) atoms. The van der Waals surface area contributed by atoms with Crippen LogP contribution in [0.2, 0.25) is 0 Å². The highest BCUT2D eigenvalue weighted by atomic mass is 14.5. The first-order valence-corrected chi connectivity index (χ1v) is 9.38. The molecule has 0 saturated heterocycles. The molecule has 0 atom stereocenters. The van der Waals surface area contributed by atoms with Crippen molar-refractivity contribution in [2.45, 2.75) is 12.8 Å². The first kappa shape index (κ1) is 17.1. The van der Waals surface area contributed by atoms with Gasteiger partial charge in [0.05, 0.1) is 0 Å². The Hall–Kier alpha value is -3.32. The van der Waals surface area contributed by atoms with Gasteiger partial charge in [-0.15, -0.1) is 0 Å². The van der Waals surface area contributed by atoms with E-state index in [1.165, 1.54) is 33.4 Å². The quantitative estimate of drug-likeness (QED) is 0.415. The fourth-order valence-corrected chi connectivity index (χ4v) is 3.51. The van der Waals surface area contributed by atoms with Gasteiger partial charge < -0.3 is 5.73 Å². The summed E-state index contributed by atoms with van der Waals surface area (Å²) in [6.45, 7) is 0. The molecule has 0 radical (unpaired) electrons. The Balaban J connectivity index is 1.68. The maximum Gasteiger partial charge on any atom is 0.0316 e. The van der Waals surface area contributed by atoms with E-state index in [2.05, 4.69) is 91.0 Å². The molecule has 0 aliphatic carbocycles. The fraction of sp³-hybridized carbons (Fsp3) is 0.0769. The van der Waals surface area contributed by atoms with Gasteiger partial charge in [-0.25, -0.2) is 0 Å². The van der Waals surface area contributed by atoms with Crippen molar-refractivity contribution in [3.05, 3.63) is 114 Å². The summed E-state index contributed by atoms with van der Waals surface area (Å²) in [5.41, 5.74) is 14.4. The average Bonchev–Trinajstić information content (AvgIpc) is 2.73. The zero-order chi connectivity index (χ0) is 18.5. The largest absolute Gasteiger partial charge is 0.399 e. The second-order valence-electron chi connectivity index (χ2n) is 6.86. The van der Waals surface area contributed by atoms with Gasteiger partial charge in [-0.3, -0.25) is 0 Å². The molecule has 0 spiro atoms. The summed E-state index contributed by atoms with van der Waals surface area (Å²) in [6, 6.07) is 36.3. The van der Waals surface area contributed by atoms with Gasteiger partial charge in [0.15, 0.2) is 0 Å². The Morgan fingerprint density at radius 2 is 1.07 bits per heavy atom. The van der Waals surface area contributed by atoms with Crippen LogP contribution in [0.5, 0.6) is 0 Å². The molecular formula is C26H23N. The molecule has 0 aliphatic heterocycles. The molecule has 1 nitrogen and oxygen atoms in total. The number of aryl methyl sites for hydroxylation is 2. The molecule has 1 heteroatoms. The van der Waals surface area contributed by atoms with Crippen molar-refractivity contribution < 1.29 is 0 Å². The number of rotatable bonds is 5. The van der Waals surface area contributed by atoms with Crippen LogP contribution in [0.4, 0.5) is 5.69 Å². The van der Waals surface area contributed by atoms with Crippen molar-refractivity contribution in [3.63, 3.8) is 0 Å². The van der Waals surface area contributed by atoms with E-state index in [1.807, 2.05) is 12.1 Å². The molecule has 0 fully saturated rings. The summed E-state index contributed by atoms with van der Waals surface area (Å²) < 4.78 is 0. The lowest BCUT2D eigenvalue weighted by Crippen LogP contribution is -1.95. The minimum atomic E-state index is 0.830. The SMILES string of the molecule is Nc1cccc(CCc2ccc(-c3ccccc3)c(-c3ccccc3)c2)c1. The van der Waals surface area contributed by atoms with Gasteiger partial charge >= 0.3 is 0 Å². The monoisotopic (exact) mass is 349 g/mol. The summed E-state index contributed by atoms with van der Waals surface area (Å²) in [5, 5.41) is 0. The van der Waals surface area contributed by atoms with Crippen molar-refractivity contribution in [2.75, 3.05) is 5.73 Å². The van der Waals surface area contributed by atoms with Crippen molar-refractivity contribution in [1.82, 2.24) is 0 Å². The van der Waals surface area contributed by atoms with E-state index in [4.69, 9.17) is 5.73 Å². The minimum absolute atomic E-state index is 0.830. The summed E-state index contributed by atoms with van der Waals surface area (Å²) in [4.78, 5) is 0. The highest BCUT2D eigenvalue weighted by molar-refractivity contribution is 5.83. The van der Waals surface area contributed by atoms with Crippen molar-refractivity contribution in [2.24, 2.45) is 0 Å². The highest BCUT2D eigenvalue weighted by Crippen LogP contribution is 2.33. The van der Waals surface area contributed by atoms with Crippen LogP contribution >= 0.6 is 0 Å². The first-order valence-electron chi connectivity index (χ1n) is 9.38. The van der Waals surface area contributed by atoms with Gasteiger partial charge in [0.25, 0.3) is 0 Å². The number of hydrogen-bond acceptors (Lipinski definition) is 1. The van der Waals surface area contributed by atoms with Gasteiger partial charge in [-0.1, -0.05) is 91.0 Å². The third-order valence-electron chi connectivity index (χ3n) is 4.91. The molecule has 4 aromatic rings. The standard InChI is InChI=1S/C26H23N/c27-24-13-7-8-20(18-24)14-15-21-16-17-25(22-9-3-1-4-10-22)26(19-21)23-11-5-2-6-12-23/h1-13,16-19H,14-15,27H2. The van der Waals surface area contributed by atoms with Crippen molar-refractivity contribution >= 4 is 5.69 Å². The van der Waals surface area contributed by atoms with E-state index < -0.39 is 0 Å². The molecule has 0 aliphatic rings. The summed E-state index contributed by atoms with van der Waals surface area (Å²) >= 11 is 0. The van der Waals surface area contributed by atoms with Gasteiger partial charge in [-0.2, -0.15) is 0 Å². The van der Waals surface area contributed by atoms with Crippen LogP contribution in [0, 0.1) is 0 Å². The predicted molar refractivity (Wildman–Crippen MR) is 116 cm³/mol. The molecule has 4 aromatic carbocycles. The molecule has 2 N–H and O–H groups in total. The van der Waals surface area contributed by atoms with E-state index in [1.54, 1.807) is 0 Å². The number of anilines is 1. The van der Waals surface area contributed by atoms with Crippen molar-refractivity contribution in [3.8, 4) is 22.3 Å². The molecule has 0 heterocycles. The van der Waals surface area contributed by atoms with E-state index in [0.29, 0.717) is 0 Å². The zero-order valence-electron chi connectivity index (χ0n) is 15.3. The normalized spacial score (nSPS) is 10.7. The molecule has 0 unspecified atom stereocenters. The highest BCUT2D eigenvalue weighted by Gasteiger charge is 2.09. The Morgan fingerprint density at radius 1 is 0.481 bits per heavy atom. The number of nitrogens with two attached hydrogens (primary N) is 1. The summed E-state index contributed by atoms with van der Waals surface area (Å²) in [6.07, 6.45) is 1.99. The summed E-state index contributed by atoms with van der Waals surface area (Å²) in [7, 11) is 0. The Morgan fingerprint density at radius 3 is 1.70 bits per heavy atom. The molecule has 0 bridgehead atoms. The van der Waals surface area contributed by atoms with Gasteiger partial charge in [0, 0.05) is 5.69 Å². The van der Waals surface area contributed by atoms with E-state index >= 15 is 0 Å². The molecule has 0 amide bonds. The molecule has 0 aromatic heterocycles. The van der Waals surface area contributed by atoms with E-state index in [9.17, 15) is 0 Å². The Bertz CT molecular complexity index is 1020. The smallest absolute Gasteiger partial charge is 0.0316 e. The molecule has 0 saturated carbocycles. The van der Waals surface area contributed by atoms with Crippen molar-refractivity contribution in [1.29, 1.82) is 0 Å². The van der Waals surface area contributed by atoms with Crippen LogP contribution in [0.3, 0.4) is 0 Å². The number of hydrogen-bond donors (Lipinski definition) is 1. The Labute approximate surface area is 161 Å². The van der Waals surface area contributed by atoms with Crippen LogP contribution in [0.25, 0.3) is 22.3 Å². The number of nitrogen functional groups attached to an aromatic ring is 1. The molecule has 4 rings (SSSR count). The van der Waals surface area contributed by atoms with Crippen LogP contribution in [-0.2, 0) is 12.8 Å². The van der Waals surface area contributed by atoms with Gasteiger partial charge in [0.2, 0.25) is 0 Å². The van der Waals surface area contributed by atoms with Crippen LogP contribution in [0.15, 0.2) is 103 Å². The average molecular weight is 349 g/mol. The van der Waals surface area contributed by atoms with Crippen LogP contribution in [0.1, 0.15) is 11.1 Å². The predicted octanol–water partition coefficient (Wildman–Crippen LogP) is 6.39. The van der Waals surface area contributed by atoms with Gasteiger partial charge in [0.1, 0.15) is 0 Å². The maximum absolute atomic E-state index is 5.91. The zero-order valence-corrected chi connectivity index (χ0v) is 15.3. The first-order chi connectivity index (χ1) is 13.3. The lowest BCUT2D eigenvalue weighted by atomic mass is 9.91. The number of benzene rings is 4. The van der Waals surface area contributed by atoms with E-state index in [-0.39, 0.29) is 0 Å². The van der Waals surface area contributed by atoms with Gasteiger partial charge in [-0.05, 0) is 58.4 Å². The second-order valence-corrected chi connectivity index (χ2v) is 6.86. The lowest BCUT2D eigenvalue weighted by molar-refractivity contribution is 0.961. The second kappa shape index (κ2) is 7.92. The topological polar surface area (TPSA) is 26.0 Å². The van der Waals surface area contributed by atoms with Crippen LogP contribution in [-0.4, -0.2) is 0 Å². The fourth-order valence-electron chi connectivity index (χ4n) is 3.51. The molecule has 132 valence electrons. The summed E-state index contributed by atoms with van der Waals surface area (Å²) in [5.74, 6) is 0.